The average molecular weight is 393 g/mol. The van der Waals surface area contributed by atoms with E-state index < -0.39 is 0 Å². The molecule has 0 radical (unpaired) electrons. The quantitative estimate of drug-likeness (QED) is 0.318. The third-order valence-corrected chi connectivity index (χ3v) is 5.62. The summed E-state index contributed by atoms with van der Waals surface area (Å²) in [6.45, 7) is 10.3. The normalized spacial score (nSPS) is 11.5. The summed E-state index contributed by atoms with van der Waals surface area (Å²) in [6, 6.07) is 14.9. The first-order chi connectivity index (χ1) is 14.1. The highest BCUT2D eigenvalue weighted by molar-refractivity contribution is 5.75. The van der Waals surface area contributed by atoms with Crippen LogP contribution in [0.25, 0.3) is 11.0 Å². The third kappa shape index (κ3) is 5.62. The maximum Gasteiger partial charge on any atom is 0.147 e. The fraction of sp³-hybridized carbons (Fsp3) is 0.500. The van der Waals surface area contributed by atoms with Gasteiger partial charge in [0.15, 0.2) is 0 Å². The minimum absolute atomic E-state index is 0.438. The molecule has 0 spiro atoms. The number of rotatable bonds is 11. The van der Waals surface area contributed by atoms with E-state index in [1.165, 1.54) is 55.2 Å². The first-order valence-electron chi connectivity index (χ1n) is 11.3. The number of aromatic nitrogens is 2. The first-order valence-corrected chi connectivity index (χ1v) is 11.3. The summed E-state index contributed by atoms with van der Waals surface area (Å²) in [4.78, 5) is 4.89. The number of ether oxygens (including phenoxy) is 1. The van der Waals surface area contributed by atoms with Gasteiger partial charge in [0, 0.05) is 6.54 Å². The number of imidazole rings is 1. The molecule has 0 bridgehead atoms. The molecule has 0 saturated carbocycles. The van der Waals surface area contributed by atoms with Gasteiger partial charge in [-0.3, -0.25) is 0 Å². The molecule has 0 aliphatic carbocycles. The van der Waals surface area contributed by atoms with Gasteiger partial charge in [-0.25, -0.2) is 4.98 Å². The zero-order valence-corrected chi connectivity index (χ0v) is 18.6. The predicted molar refractivity (Wildman–Crippen MR) is 123 cm³/mol. The monoisotopic (exact) mass is 392 g/mol. The molecular weight excluding hydrogens is 356 g/mol. The summed E-state index contributed by atoms with van der Waals surface area (Å²) in [7, 11) is 0. The van der Waals surface area contributed by atoms with Crippen molar-refractivity contribution in [3.05, 3.63) is 59.4 Å². The molecule has 3 rings (SSSR count). The van der Waals surface area contributed by atoms with E-state index in [-0.39, 0.29) is 0 Å². The van der Waals surface area contributed by atoms with Crippen LogP contribution < -0.4 is 4.74 Å². The lowest BCUT2D eigenvalue weighted by Crippen LogP contribution is -2.09. The summed E-state index contributed by atoms with van der Waals surface area (Å²) < 4.78 is 8.67. The smallest absolute Gasteiger partial charge is 0.147 e. The lowest BCUT2D eigenvalue weighted by molar-refractivity contribution is 0.285. The van der Waals surface area contributed by atoms with Gasteiger partial charge in [0.1, 0.15) is 18.2 Å². The van der Waals surface area contributed by atoms with E-state index in [2.05, 4.69) is 74.7 Å². The van der Waals surface area contributed by atoms with Crippen molar-refractivity contribution in [1.82, 2.24) is 9.55 Å². The highest BCUT2D eigenvalue weighted by atomic mass is 16.5. The number of nitrogens with zero attached hydrogens (tertiary/aromatic N) is 2. The minimum Gasteiger partial charge on any atom is -0.485 e. The fourth-order valence-electron chi connectivity index (χ4n) is 3.92. The molecule has 3 nitrogen and oxygen atoms in total. The molecule has 1 aromatic heterocycles. The van der Waals surface area contributed by atoms with Gasteiger partial charge in [0.25, 0.3) is 0 Å². The van der Waals surface area contributed by atoms with E-state index in [4.69, 9.17) is 9.72 Å². The number of hydrogen-bond acceptors (Lipinski definition) is 2. The molecule has 0 saturated heterocycles. The van der Waals surface area contributed by atoms with E-state index in [1.54, 1.807) is 0 Å². The molecule has 1 heterocycles. The van der Waals surface area contributed by atoms with Crippen molar-refractivity contribution in [3.8, 4) is 5.75 Å². The number of para-hydroxylation sites is 2. The van der Waals surface area contributed by atoms with Crippen LogP contribution >= 0.6 is 0 Å². The lowest BCUT2D eigenvalue weighted by atomic mass is 10.0. The zero-order chi connectivity index (χ0) is 20.6. The van der Waals surface area contributed by atoms with E-state index in [1.807, 2.05) is 0 Å². The highest BCUT2D eigenvalue weighted by Crippen LogP contribution is 2.28. The number of aryl methyl sites for hydroxylation is 2. The molecule has 0 aliphatic rings. The largest absolute Gasteiger partial charge is 0.485 e. The first kappa shape index (κ1) is 21.4. The van der Waals surface area contributed by atoms with Gasteiger partial charge in [0.2, 0.25) is 0 Å². The van der Waals surface area contributed by atoms with Crippen molar-refractivity contribution in [2.24, 2.45) is 0 Å². The molecule has 0 amide bonds. The maximum atomic E-state index is 6.31. The summed E-state index contributed by atoms with van der Waals surface area (Å²) in [5, 5.41) is 0. The Morgan fingerprint density at radius 3 is 2.52 bits per heavy atom. The summed E-state index contributed by atoms with van der Waals surface area (Å²) in [6.07, 6.45) is 7.80. The van der Waals surface area contributed by atoms with Crippen LogP contribution in [0.1, 0.15) is 82.2 Å². The molecule has 0 fully saturated rings. The second-order valence-corrected chi connectivity index (χ2v) is 8.42. The SMILES string of the molecule is CCCCCCCCn1c(COc2cc(C)ccc2C(C)C)nc2ccccc21. The van der Waals surface area contributed by atoms with Crippen LogP contribution in [0.2, 0.25) is 0 Å². The Morgan fingerprint density at radius 2 is 1.72 bits per heavy atom. The molecule has 2 aromatic carbocycles. The van der Waals surface area contributed by atoms with Crippen LogP contribution in [0.15, 0.2) is 42.5 Å². The number of hydrogen-bond donors (Lipinski definition) is 0. The third-order valence-electron chi connectivity index (χ3n) is 5.62. The Kier molecular flexibility index (Phi) is 7.74. The van der Waals surface area contributed by atoms with Crippen molar-refractivity contribution in [3.63, 3.8) is 0 Å². The van der Waals surface area contributed by atoms with Crippen molar-refractivity contribution in [1.29, 1.82) is 0 Å². The van der Waals surface area contributed by atoms with Crippen LogP contribution in [0, 0.1) is 6.92 Å². The standard InChI is InChI=1S/C26H36N2O/c1-5-6-7-8-9-12-17-28-24-14-11-10-13-23(24)27-26(28)19-29-25-18-21(4)15-16-22(25)20(2)3/h10-11,13-16,18,20H,5-9,12,17,19H2,1-4H3. The molecular formula is C26H36N2O. The second-order valence-electron chi connectivity index (χ2n) is 8.42. The van der Waals surface area contributed by atoms with Crippen LogP contribution in [-0.4, -0.2) is 9.55 Å². The maximum absolute atomic E-state index is 6.31. The van der Waals surface area contributed by atoms with Gasteiger partial charge in [-0.15, -0.1) is 0 Å². The predicted octanol–water partition coefficient (Wildman–Crippen LogP) is 7.41. The van der Waals surface area contributed by atoms with Crippen LogP contribution in [0.5, 0.6) is 5.75 Å². The van der Waals surface area contributed by atoms with Gasteiger partial charge >= 0.3 is 0 Å². The number of benzene rings is 2. The molecule has 0 N–H and O–H groups in total. The van der Waals surface area contributed by atoms with Crippen molar-refractivity contribution < 1.29 is 4.74 Å². The van der Waals surface area contributed by atoms with Crippen molar-refractivity contribution in [2.75, 3.05) is 0 Å². The van der Waals surface area contributed by atoms with Gasteiger partial charge in [-0.1, -0.05) is 77.1 Å². The van der Waals surface area contributed by atoms with Gasteiger partial charge < -0.3 is 9.30 Å². The van der Waals surface area contributed by atoms with Crippen molar-refractivity contribution in [2.45, 2.75) is 85.3 Å². The number of fused-ring (bicyclic) bond motifs is 1. The topological polar surface area (TPSA) is 27.1 Å². The molecule has 0 atom stereocenters. The van der Waals surface area contributed by atoms with Gasteiger partial charge in [-0.2, -0.15) is 0 Å². The zero-order valence-electron chi connectivity index (χ0n) is 18.6. The summed E-state index contributed by atoms with van der Waals surface area (Å²) in [5.41, 5.74) is 4.76. The summed E-state index contributed by atoms with van der Waals surface area (Å²) in [5.74, 6) is 2.45. The Balaban J connectivity index is 1.74. The Morgan fingerprint density at radius 1 is 0.966 bits per heavy atom. The molecule has 156 valence electrons. The Hall–Kier alpha value is -2.29. The minimum atomic E-state index is 0.438. The van der Waals surface area contributed by atoms with Crippen LogP contribution in [-0.2, 0) is 13.2 Å². The van der Waals surface area contributed by atoms with E-state index in [0.717, 1.165) is 23.6 Å². The molecule has 3 aromatic rings. The lowest BCUT2D eigenvalue weighted by Gasteiger charge is -2.15. The van der Waals surface area contributed by atoms with Crippen molar-refractivity contribution >= 4 is 11.0 Å². The number of unbranched alkanes of at least 4 members (excludes halogenated alkanes) is 5. The van der Waals surface area contributed by atoms with Gasteiger partial charge in [0.05, 0.1) is 11.0 Å². The van der Waals surface area contributed by atoms with E-state index >= 15 is 0 Å². The molecule has 0 aliphatic heterocycles. The fourth-order valence-corrected chi connectivity index (χ4v) is 3.92. The van der Waals surface area contributed by atoms with Crippen LogP contribution in [0.3, 0.4) is 0 Å². The molecule has 0 unspecified atom stereocenters. The molecule has 29 heavy (non-hydrogen) atoms. The van der Waals surface area contributed by atoms with E-state index in [0.29, 0.717) is 12.5 Å². The Bertz CT molecular complexity index is 910. The van der Waals surface area contributed by atoms with E-state index in [9.17, 15) is 0 Å². The summed E-state index contributed by atoms with van der Waals surface area (Å²) >= 11 is 0. The van der Waals surface area contributed by atoms with Gasteiger partial charge in [-0.05, 0) is 48.6 Å². The average Bonchev–Trinajstić information content (AvgIpc) is 3.06. The Labute approximate surface area is 176 Å². The second kappa shape index (κ2) is 10.5. The van der Waals surface area contributed by atoms with Crippen LogP contribution in [0.4, 0.5) is 0 Å². The molecule has 3 heteroatoms. The highest BCUT2D eigenvalue weighted by Gasteiger charge is 2.13.